The van der Waals surface area contributed by atoms with Crippen molar-refractivity contribution in [3.8, 4) is 0 Å². The van der Waals surface area contributed by atoms with Crippen LogP contribution in [0.15, 0.2) is 42.5 Å². The van der Waals surface area contributed by atoms with Gasteiger partial charge in [0.1, 0.15) is 0 Å². The third-order valence-corrected chi connectivity index (χ3v) is 4.00. The summed E-state index contributed by atoms with van der Waals surface area (Å²) in [5.41, 5.74) is 11.4. The van der Waals surface area contributed by atoms with E-state index in [1.54, 1.807) is 24.3 Å². The highest BCUT2D eigenvalue weighted by molar-refractivity contribution is 5.87. The van der Waals surface area contributed by atoms with Crippen molar-refractivity contribution in [3.63, 3.8) is 0 Å². The van der Waals surface area contributed by atoms with Gasteiger partial charge in [-0.3, -0.25) is 0 Å². The quantitative estimate of drug-likeness (QED) is 0.898. The van der Waals surface area contributed by atoms with E-state index >= 15 is 0 Å². The van der Waals surface area contributed by atoms with Crippen molar-refractivity contribution in [1.82, 2.24) is 0 Å². The van der Waals surface area contributed by atoms with E-state index < -0.39 is 5.97 Å². The highest BCUT2D eigenvalue weighted by atomic mass is 16.4. The van der Waals surface area contributed by atoms with Crippen LogP contribution in [0.3, 0.4) is 0 Å². The smallest absolute Gasteiger partial charge is 0.335 e. The molecular weight excluding hydrogens is 250 g/mol. The maximum Gasteiger partial charge on any atom is 0.335 e. The molecule has 0 saturated carbocycles. The molecule has 0 fully saturated rings. The van der Waals surface area contributed by atoms with Crippen molar-refractivity contribution < 1.29 is 9.90 Å². The third kappa shape index (κ3) is 2.32. The van der Waals surface area contributed by atoms with E-state index in [4.69, 9.17) is 10.8 Å². The molecule has 102 valence electrons. The molecule has 0 aliphatic heterocycles. The molecule has 0 heterocycles. The van der Waals surface area contributed by atoms with Crippen LogP contribution in [0, 0.1) is 0 Å². The van der Waals surface area contributed by atoms with Crippen molar-refractivity contribution in [2.75, 3.05) is 0 Å². The molecule has 1 aliphatic carbocycles. The second-order valence-corrected chi connectivity index (χ2v) is 5.29. The Labute approximate surface area is 118 Å². The minimum absolute atomic E-state index is 0.205. The molecule has 3 heteroatoms. The van der Waals surface area contributed by atoms with Gasteiger partial charge in [-0.05, 0) is 53.6 Å². The zero-order valence-corrected chi connectivity index (χ0v) is 11.2. The number of carboxylic acids is 1. The second-order valence-electron chi connectivity index (χ2n) is 5.29. The SMILES string of the molecule is NC(c1ccc(C(=O)O)cc1)c1ccc2c(c1)CCC2. The summed E-state index contributed by atoms with van der Waals surface area (Å²) in [5, 5.41) is 8.91. The Morgan fingerprint density at radius 2 is 1.65 bits per heavy atom. The topological polar surface area (TPSA) is 63.3 Å². The first-order chi connectivity index (χ1) is 9.65. The highest BCUT2D eigenvalue weighted by Gasteiger charge is 2.15. The van der Waals surface area contributed by atoms with Crippen molar-refractivity contribution in [1.29, 1.82) is 0 Å². The number of nitrogens with two attached hydrogens (primary N) is 1. The molecule has 0 spiro atoms. The number of carboxylic acid groups (broad SMARTS) is 1. The summed E-state index contributed by atoms with van der Waals surface area (Å²) in [6.45, 7) is 0. The van der Waals surface area contributed by atoms with Crippen molar-refractivity contribution in [2.45, 2.75) is 25.3 Å². The number of aromatic carboxylic acids is 1. The van der Waals surface area contributed by atoms with Gasteiger partial charge in [0.15, 0.2) is 0 Å². The molecular formula is C17H17NO2. The molecule has 0 bridgehead atoms. The zero-order chi connectivity index (χ0) is 14.1. The number of aryl methyl sites for hydroxylation is 2. The number of fused-ring (bicyclic) bond motifs is 1. The molecule has 20 heavy (non-hydrogen) atoms. The molecule has 3 rings (SSSR count). The van der Waals surface area contributed by atoms with E-state index in [0.717, 1.165) is 24.0 Å². The van der Waals surface area contributed by atoms with Crippen LogP contribution in [0.1, 0.15) is 45.1 Å². The summed E-state index contributed by atoms with van der Waals surface area (Å²) in [7, 11) is 0. The molecule has 1 unspecified atom stereocenters. The fraction of sp³-hybridized carbons (Fsp3) is 0.235. The molecule has 0 aromatic heterocycles. The van der Waals surface area contributed by atoms with Crippen molar-refractivity contribution >= 4 is 5.97 Å². The van der Waals surface area contributed by atoms with Gasteiger partial charge < -0.3 is 10.8 Å². The standard InChI is InChI=1S/C17H17NO2/c18-16(12-5-7-13(8-6-12)17(19)20)15-9-4-11-2-1-3-14(11)10-15/h4-10,16H,1-3,18H2,(H,19,20). The zero-order valence-electron chi connectivity index (χ0n) is 11.2. The van der Waals surface area contributed by atoms with E-state index in [0.29, 0.717) is 0 Å². The van der Waals surface area contributed by atoms with Crippen LogP contribution in [-0.2, 0) is 12.8 Å². The van der Waals surface area contributed by atoms with Crippen LogP contribution >= 0.6 is 0 Å². The maximum absolute atomic E-state index is 10.8. The monoisotopic (exact) mass is 267 g/mol. The predicted molar refractivity (Wildman–Crippen MR) is 77.9 cm³/mol. The maximum atomic E-state index is 10.8. The van der Waals surface area contributed by atoms with Crippen LogP contribution < -0.4 is 5.73 Å². The molecule has 1 aliphatic rings. The lowest BCUT2D eigenvalue weighted by Crippen LogP contribution is -2.12. The molecule has 3 nitrogen and oxygen atoms in total. The highest BCUT2D eigenvalue weighted by Crippen LogP contribution is 2.27. The van der Waals surface area contributed by atoms with Gasteiger partial charge >= 0.3 is 5.97 Å². The first-order valence-electron chi connectivity index (χ1n) is 6.85. The molecule has 2 aromatic rings. The number of benzene rings is 2. The number of rotatable bonds is 3. The van der Waals surface area contributed by atoms with Crippen molar-refractivity contribution in [2.24, 2.45) is 5.73 Å². The Bertz CT molecular complexity index is 647. The normalized spacial score (nSPS) is 14.8. The summed E-state index contributed by atoms with van der Waals surface area (Å²) in [6, 6.07) is 13.0. The van der Waals surface area contributed by atoms with Gasteiger partial charge in [0, 0.05) is 0 Å². The molecule has 2 aromatic carbocycles. The van der Waals surface area contributed by atoms with Crippen LogP contribution in [0.4, 0.5) is 0 Å². The first kappa shape index (κ1) is 12.9. The van der Waals surface area contributed by atoms with Crippen LogP contribution in [-0.4, -0.2) is 11.1 Å². The summed E-state index contributed by atoms with van der Waals surface area (Å²) in [6.07, 6.45) is 3.52. The minimum Gasteiger partial charge on any atom is -0.478 e. The summed E-state index contributed by atoms with van der Waals surface area (Å²) in [4.78, 5) is 10.8. The number of hydrogen-bond acceptors (Lipinski definition) is 2. The molecule has 3 N–H and O–H groups in total. The van der Waals surface area contributed by atoms with Gasteiger partial charge in [-0.15, -0.1) is 0 Å². The Morgan fingerprint density at radius 3 is 2.35 bits per heavy atom. The Kier molecular flexibility index (Phi) is 3.28. The Balaban J connectivity index is 1.88. The van der Waals surface area contributed by atoms with E-state index in [9.17, 15) is 4.79 Å². The van der Waals surface area contributed by atoms with E-state index in [1.165, 1.54) is 17.5 Å². The van der Waals surface area contributed by atoms with Crippen LogP contribution in [0.5, 0.6) is 0 Å². The van der Waals surface area contributed by atoms with Crippen molar-refractivity contribution in [3.05, 3.63) is 70.3 Å². The minimum atomic E-state index is -0.914. The summed E-state index contributed by atoms with van der Waals surface area (Å²) in [5.74, 6) is -0.914. The van der Waals surface area contributed by atoms with Gasteiger partial charge in [0.05, 0.1) is 11.6 Å². The van der Waals surface area contributed by atoms with Crippen LogP contribution in [0.25, 0.3) is 0 Å². The van der Waals surface area contributed by atoms with Gasteiger partial charge in [-0.1, -0.05) is 30.3 Å². The lowest BCUT2D eigenvalue weighted by molar-refractivity contribution is 0.0697. The van der Waals surface area contributed by atoms with E-state index in [2.05, 4.69) is 18.2 Å². The van der Waals surface area contributed by atoms with Gasteiger partial charge in [0.2, 0.25) is 0 Å². The largest absolute Gasteiger partial charge is 0.478 e. The summed E-state index contributed by atoms with van der Waals surface area (Å²) < 4.78 is 0. The molecule has 0 amide bonds. The fourth-order valence-electron chi connectivity index (χ4n) is 2.81. The average Bonchev–Trinajstić information content (AvgIpc) is 2.94. The second kappa shape index (κ2) is 5.10. The average molecular weight is 267 g/mol. The molecule has 1 atom stereocenters. The Hall–Kier alpha value is -2.13. The van der Waals surface area contributed by atoms with Gasteiger partial charge in [-0.2, -0.15) is 0 Å². The molecule has 0 saturated heterocycles. The lowest BCUT2D eigenvalue weighted by Gasteiger charge is -2.14. The van der Waals surface area contributed by atoms with Gasteiger partial charge in [0.25, 0.3) is 0 Å². The van der Waals surface area contributed by atoms with Crippen LogP contribution in [0.2, 0.25) is 0 Å². The van der Waals surface area contributed by atoms with E-state index in [1.807, 2.05) is 0 Å². The molecule has 0 radical (unpaired) electrons. The predicted octanol–water partition coefficient (Wildman–Crippen LogP) is 2.92. The van der Waals surface area contributed by atoms with Gasteiger partial charge in [-0.25, -0.2) is 4.79 Å². The lowest BCUT2D eigenvalue weighted by atomic mass is 9.96. The third-order valence-electron chi connectivity index (χ3n) is 4.00. The number of carbonyl (C=O) groups is 1. The fourth-order valence-corrected chi connectivity index (χ4v) is 2.81. The number of hydrogen-bond donors (Lipinski definition) is 2. The summed E-state index contributed by atoms with van der Waals surface area (Å²) >= 11 is 0. The van der Waals surface area contributed by atoms with E-state index in [-0.39, 0.29) is 11.6 Å². The Morgan fingerprint density at radius 1 is 1.00 bits per heavy atom. The first-order valence-corrected chi connectivity index (χ1v) is 6.85.